The maximum atomic E-state index is 12.1. The van der Waals surface area contributed by atoms with Crippen LogP contribution in [0.1, 0.15) is 12.8 Å². The van der Waals surface area contributed by atoms with Crippen molar-refractivity contribution < 1.29 is 13.2 Å². The molecule has 0 spiro atoms. The Kier molecular flexibility index (Phi) is 2.95. The van der Waals surface area contributed by atoms with Gasteiger partial charge in [-0.25, -0.2) is 0 Å². The Hall–Kier alpha value is -0.290. The van der Waals surface area contributed by atoms with Crippen LogP contribution in [0, 0.1) is 5.92 Å². The highest BCUT2D eigenvalue weighted by Gasteiger charge is 2.41. The smallest absolute Gasteiger partial charge is 0.320 e. The maximum Gasteiger partial charge on any atom is 0.403 e. The van der Waals surface area contributed by atoms with Gasteiger partial charge in [-0.1, -0.05) is 0 Å². The van der Waals surface area contributed by atoms with Gasteiger partial charge in [0, 0.05) is 0 Å². The van der Waals surface area contributed by atoms with Crippen LogP contribution in [0.5, 0.6) is 0 Å². The Morgan fingerprint density at radius 3 is 2.17 bits per heavy atom. The molecule has 0 aromatic carbocycles. The Morgan fingerprint density at radius 2 is 1.75 bits per heavy atom. The Labute approximate surface area is 69.3 Å². The Morgan fingerprint density at radius 1 is 1.25 bits per heavy atom. The van der Waals surface area contributed by atoms with Crippen LogP contribution in [0.15, 0.2) is 0 Å². The highest BCUT2D eigenvalue weighted by Crippen LogP contribution is 2.28. The van der Waals surface area contributed by atoms with Gasteiger partial charge in [0.15, 0.2) is 0 Å². The van der Waals surface area contributed by atoms with Crippen molar-refractivity contribution in [2.75, 3.05) is 13.1 Å². The van der Waals surface area contributed by atoms with Crippen molar-refractivity contribution in [2.24, 2.45) is 11.7 Å². The van der Waals surface area contributed by atoms with Gasteiger partial charge in [0.25, 0.3) is 0 Å². The van der Waals surface area contributed by atoms with Crippen LogP contribution >= 0.6 is 0 Å². The van der Waals surface area contributed by atoms with Crippen LogP contribution < -0.4 is 11.1 Å². The molecule has 0 aliphatic carbocycles. The van der Waals surface area contributed by atoms with Gasteiger partial charge < -0.3 is 11.1 Å². The summed E-state index contributed by atoms with van der Waals surface area (Å²) >= 11 is 0. The van der Waals surface area contributed by atoms with Gasteiger partial charge in [0.1, 0.15) is 6.04 Å². The van der Waals surface area contributed by atoms with E-state index in [1.54, 1.807) is 0 Å². The number of nitrogens with one attached hydrogen (secondary N) is 1. The molecule has 1 rings (SSSR count). The number of hydrogen-bond donors (Lipinski definition) is 2. The average Bonchev–Trinajstić information content (AvgIpc) is 2.03. The Bertz CT molecular complexity index is 140. The molecule has 1 saturated heterocycles. The maximum absolute atomic E-state index is 12.1. The minimum atomic E-state index is -4.23. The topological polar surface area (TPSA) is 38.0 Å². The lowest BCUT2D eigenvalue weighted by molar-refractivity contribution is -0.160. The van der Waals surface area contributed by atoms with Gasteiger partial charge in [0.2, 0.25) is 0 Å². The normalized spacial score (nSPS) is 24.0. The van der Waals surface area contributed by atoms with E-state index in [0.717, 1.165) is 0 Å². The quantitative estimate of drug-likeness (QED) is 0.631. The third-order valence-electron chi connectivity index (χ3n) is 2.27. The molecule has 0 aromatic rings. The number of halogens is 3. The number of alkyl halides is 3. The molecule has 0 saturated carbocycles. The molecule has 3 N–H and O–H groups in total. The van der Waals surface area contributed by atoms with Crippen molar-refractivity contribution >= 4 is 0 Å². The van der Waals surface area contributed by atoms with E-state index >= 15 is 0 Å². The molecule has 1 unspecified atom stereocenters. The third kappa shape index (κ3) is 2.35. The number of nitrogens with two attached hydrogens (primary N) is 1. The molecule has 1 heterocycles. The highest BCUT2D eigenvalue weighted by molar-refractivity contribution is 4.82. The zero-order chi connectivity index (χ0) is 9.19. The zero-order valence-electron chi connectivity index (χ0n) is 6.69. The molecule has 0 radical (unpaired) electrons. The minimum absolute atomic E-state index is 0.397. The molecule has 1 atom stereocenters. The van der Waals surface area contributed by atoms with Crippen molar-refractivity contribution in [3.8, 4) is 0 Å². The summed E-state index contributed by atoms with van der Waals surface area (Å²) in [6, 6.07) is -1.64. The summed E-state index contributed by atoms with van der Waals surface area (Å²) < 4.78 is 36.3. The van der Waals surface area contributed by atoms with Crippen LogP contribution in [-0.4, -0.2) is 25.3 Å². The summed E-state index contributed by atoms with van der Waals surface area (Å²) in [6.45, 7) is 1.29. The summed E-state index contributed by atoms with van der Waals surface area (Å²) in [5.74, 6) is -0.397. The minimum Gasteiger partial charge on any atom is -0.320 e. The molecule has 0 amide bonds. The van der Waals surface area contributed by atoms with E-state index in [2.05, 4.69) is 5.32 Å². The van der Waals surface area contributed by atoms with Crippen molar-refractivity contribution in [1.82, 2.24) is 5.32 Å². The van der Waals surface area contributed by atoms with Crippen LogP contribution in [0.25, 0.3) is 0 Å². The molecular formula is C7H13F3N2. The van der Waals surface area contributed by atoms with Gasteiger partial charge in [0.05, 0.1) is 0 Å². The van der Waals surface area contributed by atoms with Crippen LogP contribution in [-0.2, 0) is 0 Å². The monoisotopic (exact) mass is 182 g/mol. The van der Waals surface area contributed by atoms with Gasteiger partial charge in [-0.3, -0.25) is 0 Å². The van der Waals surface area contributed by atoms with Gasteiger partial charge in [-0.05, 0) is 31.8 Å². The first kappa shape index (κ1) is 9.80. The fourth-order valence-electron chi connectivity index (χ4n) is 1.47. The molecule has 1 fully saturated rings. The second-order valence-electron chi connectivity index (χ2n) is 3.15. The van der Waals surface area contributed by atoms with E-state index in [1.165, 1.54) is 0 Å². The molecule has 5 heteroatoms. The standard InChI is InChI=1S/C7H13F3N2/c8-7(9,10)6(11)5-1-3-12-4-2-5/h5-6,12H,1-4,11H2. The molecule has 1 aliphatic rings. The first-order chi connectivity index (χ1) is 5.52. The molecule has 12 heavy (non-hydrogen) atoms. The van der Waals surface area contributed by atoms with Crippen LogP contribution in [0.3, 0.4) is 0 Å². The molecule has 1 aliphatic heterocycles. The molecule has 2 nitrogen and oxygen atoms in total. The lowest BCUT2D eigenvalue weighted by Gasteiger charge is -2.29. The van der Waals surface area contributed by atoms with Gasteiger partial charge >= 0.3 is 6.18 Å². The molecule has 0 bridgehead atoms. The number of piperidine rings is 1. The lowest BCUT2D eigenvalue weighted by atomic mass is 9.90. The summed E-state index contributed by atoms with van der Waals surface area (Å²) in [7, 11) is 0. The van der Waals surface area contributed by atoms with Crippen LogP contribution in [0.2, 0.25) is 0 Å². The van der Waals surface area contributed by atoms with Crippen molar-refractivity contribution in [3.63, 3.8) is 0 Å². The highest BCUT2D eigenvalue weighted by atomic mass is 19.4. The van der Waals surface area contributed by atoms with Gasteiger partial charge in [-0.15, -0.1) is 0 Å². The molecular weight excluding hydrogens is 169 g/mol. The fraction of sp³-hybridized carbons (Fsp3) is 1.00. The average molecular weight is 182 g/mol. The third-order valence-corrected chi connectivity index (χ3v) is 2.27. The predicted octanol–water partition coefficient (Wildman–Crippen LogP) is 0.876. The fourth-order valence-corrected chi connectivity index (χ4v) is 1.47. The molecule has 0 aromatic heterocycles. The summed E-state index contributed by atoms with van der Waals surface area (Å²) in [6.07, 6.45) is -3.18. The number of rotatable bonds is 1. The van der Waals surface area contributed by atoms with E-state index in [1.807, 2.05) is 0 Å². The predicted molar refractivity (Wildman–Crippen MR) is 39.6 cm³/mol. The Balaban J connectivity index is 2.45. The summed E-state index contributed by atoms with van der Waals surface area (Å²) in [4.78, 5) is 0. The lowest BCUT2D eigenvalue weighted by Crippen LogP contribution is -2.47. The zero-order valence-corrected chi connectivity index (χ0v) is 6.69. The van der Waals surface area contributed by atoms with Crippen LogP contribution in [0.4, 0.5) is 13.2 Å². The van der Waals surface area contributed by atoms with E-state index in [0.29, 0.717) is 25.9 Å². The first-order valence-corrected chi connectivity index (χ1v) is 4.05. The SMILES string of the molecule is NC(C1CCNCC1)C(F)(F)F. The van der Waals surface area contributed by atoms with E-state index in [4.69, 9.17) is 5.73 Å². The van der Waals surface area contributed by atoms with E-state index in [-0.39, 0.29) is 0 Å². The van der Waals surface area contributed by atoms with E-state index < -0.39 is 18.1 Å². The largest absolute Gasteiger partial charge is 0.403 e. The van der Waals surface area contributed by atoms with Crippen molar-refractivity contribution in [3.05, 3.63) is 0 Å². The second-order valence-corrected chi connectivity index (χ2v) is 3.15. The summed E-state index contributed by atoms with van der Waals surface area (Å²) in [5, 5.41) is 3.00. The molecule has 72 valence electrons. The van der Waals surface area contributed by atoms with E-state index in [9.17, 15) is 13.2 Å². The van der Waals surface area contributed by atoms with Crippen molar-refractivity contribution in [1.29, 1.82) is 0 Å². The second kappa shape index (κ2) is 3.62. The van der Waals surface area contributed by atoms with Crippen molar-refractivity contribution in [2.45, 2.75) is 25.1 Å². The first-order valence-electron chi connectivity index (χ1n) is 4.05. The number of hydrogen-bond acceptors (Lipinski definition) is 2. The van der Waals surface area contributed by atoms with Gasteiger partial charge in [-0.2, -0.15) is 13.2 Å². The summed E-state index contributed by atoms with van der Waals surface area (Å²) in [5.41, 5.74) is 5.07.